The van der Waals surface area contributed by atoms with E-state index in [0.29, 0.717) is 17.8 Å². The SMILES string of the molecule is CC=CCCN(C)C1CCN(C(=O)Nc2cc3cc(C4(C)CCC(C)=CC4C)ccc3cn2)CC1.[HH]. The van der Waals surface area contributed by atoms with Crippen molar-refractivity contribution in [3.05, 3.63) is 59.8 Å². The van der Waals surface area contributed by atoms with Crippen LogP contribution in [0.1, 0.15) is 66.8 Å². The third-order valence-corrected chi connectivity index (χ3v) is 8.45. The van der Waals surface area contributed by atoms with Crippen LogP contribution in [0.5, 0.6) is 0 Å². The van der Waals surface area contributed by atoms with E-state index < -0.39 is 0 Å². The van der Waals surface area contributed by atoms with Crippen LogP contribution in [-0.2, 0) is 5.41 Å². The standard InChI is InChI=1S/C30H42N4O.H2/c1-6-7-8-15-33(5)27-12-16-34(17-13-27)29(35)32-28-20-25-19-26(10-9-24(25)21-31-28)30(4)14-11-22(2)18-23(30)3;/h6-7,9-10,18-21,23,27H,8,11-17H2,1-5H3,(H,31,32,35);1H. The predicted octanol–water partition coefficient (Wildman–Crippen LogP) is 7.01. The van der Waals surface area contributed by atoms with E-state index in [9.17, 15) is 4.79 Å². The third kappa shape index (κ3) is 5.78. The zero-order valence-electron chi connectivity index (χ0n) is 22.2. The number of aromatic nitrogens is 1. The van der Waals surface area contributed by atoms with Crippen LogP contribution in [0, 0.1) is 5.92 Å². The fraction of sp³-hybridized carbons (Fsp3) is 0.533. The van der Waals surface area contributed by atoms with Gasteiger partial charge in [0.1, 0.15) is 5.82 Å². The average Bonchev–Trinajstić information content (AvgIpc) is 2.86. The number of amides is 2. The Morgan fingerprint density at radius 1 is 1.29 bits per heavy atom. The summed E-state index contributed by atoms with van der Waals surface area (Å²) in [5.41, 5.74) is 2.99. The molecule has 2 atom stereocenters. The molecule has 1 aliphatic heterocycles. The smallest absolute Gasteiger partial charge is 0.323 e. The quantitative estimate of drug-likeness (QED) is 0.456. The Balaban J connectivity index is 0.00000361. The van der Waals surface area contributed by atoms with Gasteiger partial charge in [-0.2, -0.15) is 0 Å². The van der Waals surface area contributed by atoms with E-state index >= 15 is 0 Å². The highest BCUT2D eigenvalue weighted by Gasteiger charge is 2.34. The van der Waals surface area contributed by atoms with Crippen molar-refractivity contribution in [1.82, 2.24) is 14.8 Å². The van der Waals surface area contributed by atoms with Crippen molar-refractivity contribution in [3.8, 4) is 0 Å². The topological polar surface area (TPSA) is 48.5 Å². The Hall–Kier alpha value is -2.66. The molecule has 190 valence electrons. The molecule has 1 aromatic heterocycles. The van der Waals surface area contributed by atoms with Crippen molar-refractivity contribution in [2.24, 2.45) is 5.92 Å². The first-order valence-electron chi connectivity index (χ1n) is 13.2. The van der Waals surface area contributed by atoms with E-state index in [1.165, 1.54) is 11.1 Å². The number of pyridine rings is 1. The molecule has 2 aromatic rings. The van der Waals surface area contributed by atoms with Crippen molar-refractivity contribution < 1.29 is 6.22 Å². The maximum Gasteiger partial charge on any atom is 0.323 e. The number of hydrogen-bond acceptors (Lipinski definition) is 3. The van der Waals surface area contributed by atoms with Crippen LogP contribution in [0.15, 0.2) is 54.3 Å². The van der Waals surface area contributed by atoms with Gasteiger partial charge in [0.2, 0.25) is 0 Å². The van der Waals surface area contributed by atoms with Gasteiger partial charge in [-0.1, -0.05) is 55.8 Å². The molecule has 1 aliphatic carbocycles. The number of carbonyl (C=O) groups is 1. The third-order valence-electron chi connectivity index (χ3n) is 8.45. The number of urea groups is 1. The lowest BCUT2D eigenvalue weighted by molar-refractivity contribution is 0.142. The summed E-state index contributed by atoms with van der Waals surface area (Å²) in [5, 5.41) is 5.29. The van der Waals surface area contributed by atoms with Gasteiger partial charge in [0.25, 0.3) is 0 Å². The molecular weight excluding hydrogens is 432 g/mol. The minimum absolute atomic E-state index is 0. The van der Waals surface area contributed by atoms with Gasteiger partial charge in [-0.25, -0.2) is 9.78 Å². The molecule has 2 aliphatic rings. The number of hydrogen-bond donors (Lipinski definition) is 1. The fourth-order valence-electron chi connectivity index (χ4n) is 5.68. The van der Waals surface area contributed by atoms with E-state index in [0.717, 1.165) is 62.5 Å². The van der Waals surface area contributed by atoms with E-state index in [4.69, 9.17) is 0 Å². The number of nitrogens with zero attached hydrogens (tertiary/aromatic N) is 3. The number of nitrogens with one attached hydrogen (secondary N) is 1. The number of fused-ring (bicyclic) bond motifs is 1. The van der Waals surface area contributed by atoms with Crippen molar-refractivity contribution >= 4 is 22.6 Å². The number of benzene rings is 1. The summed E-state index contributed by atoms with van der Waals surface area (Å²) in [4.78, 5) is 21.9. The Kier molecular flexibility index (Phi) is 7.95. The first-order chi connectivity index (χ1) is 16.8. The predicted molar refractivity (Wildman–Crippen MR) is 149 cm³/mol. The monoisotopic (exact) mass is 476 g/mol. The Morgan fingerprint density at radius 3 is 2.77 bits per heavy atom. The van der Waals surface area contributed by atoms with E-state index in [-0.39, 0.29) is 12.9 Å². The van der Waals surface area contributed by atoms with Crippen LogP contribution in [0.2, 0.25) is 0 Å². The van der Waals surface area contributed by atoms with Crippen LogP contribution >= 0.6 is 0 Å². The van der Waals surface area contributed by atoms with Crippen LogP contribution in [0.25, 0.3) is 10.8 Å². The highest BCUT2D eigenvalue weighted by atomic mass is 16.2. The highest BCUT2D eigenvalue weighted by Crippen LogP contribution is 2.43. The lowest BCUT2D eigenvalue weighted by Crippen LogP contribution is -2.47. The molecule has 2 unspecified atom stereocenters. The number of allylic oxidation sites excluding steroid dienone is 3. The molecule has 1 saturated heterocycles. The minimum atomic E-state index is -0.0449. The number of carbonyl (C=O) groups excluding carboxylic acids is 1. The van der Waals surface area contributed by atoms with Crippen molar-refractivity contribution in [2.45, 2.75) is 71.3 Å². The summed E-state index contributed by atoms with van der Waals surface area (Å²) in [6.45, 7) is 11.6. The maximum absolute atomic E-state index is 13.0. The molecule has 35 heavy (non-hydrogen) atoms. The number of piperidine rings is 1. The highest BCUT2D eigenvalue weighted by molar-refractivity contribution is 5.92. The number of rotatable bonds is 6. The van der Waals surface area contributed by atoms with E-state index in [1.54, 1.807) is 0 Å². The first-order valence-corrected chi connectivity index (χ1v) is 13.2. The molecule has 0 radical (unpaired) electrons. The normalized spacial score (nSPS) is 23.8. The van der Waals surface area contributed by atoms with E-state index in [1.807, 2.05) is 17.2 Å². The number of likely N-dealkylation sites (tertiary alicyclic amines) is 1. The second kappa shape index (κ2) is 10.9. The molecule has 0 bridgehead atoms. The molecule has 2 heterocycles. The van der Waals surface area contributed by atoms with Crippen molar-refractivity contribution in [3.63, 3.8) is 0 Å². The fourth-order valence-corrected chi connectivity index (χ4v) is 5.68. The largest absolute Gasteiger partial charge is 0.324 e. The van der Waals surface area contributed by atoms with Gasteiger partial charge in [-0.05, 0) is 81.3 Å². The van der Waals surface area contributed by atoms with Gasteiger partial charge in [-0.3, -0.25) is 5.32 Å². The van der Waals surface area contributed by atoms with E-state index in [2.05, 4.69) is 86.4 Å². The summed E-state index contributed by atoms with van der Waals surface area (Å²) in [6.07, 6.45) is 14.0. The zero-order chi connectivity index (χ0) is 25.0. The zero-order valence-corrected chi connectivity index (χ0v) is 22.2. The summed E-state index contributed by atoms with van der Waals surface area (Å²) >= 11 is 0. The number of anilines is 1. The molecule has 0 spiro atoms. The molecule has 1 fully saturated rings. The van der Waals surface area contributed by atoms with Crippen LogP contribution in [0.3, 0.4) is 0 Å². The summed E-state index contributed by atoms with van der Waals surface area (Å²) in [5.74, 6) is 1.13. The molecule has 1 N–H and O–H groups in total. The van der Waals surface area contributed by atoms with Crippen molar-refractivity contribution in [1.29, 1.82) is 0 Å². The van der Waals surface area contributed by atoms with Crippen LogP contribution in [0.4, 0.5) is 10.6 Å². The average molecular weight is 477 g/mol. The maximum atomic E-state index is 13.0. The van der Waals surface area contributed by atoms with Gasteiger partial charge in [0, 0.05) is 38.7 Å². The second-order valence-corrected chi connectivity index (χ2v) is 10.8. The van der Waals surface area contributed by atoms with Crippen LogP contribution < -0.4 is 5.32 Å². The summed E-state index contributed by atoms with van der Waals surface area (Å²) in [6, 6.07) is 9.25. The molecule has 1 aromatic carbocycles. The summed E-state index contributed by atoms with van der Waals surface area (Å²) < 4.78 is 0. The Labute approximate surface area is 212 Å². The minimum Gasteiger partial charge on any atom is -0.324 e. The van der Waals surface area contributed by atoms with Gasteiger partial charge in [-0.15, -0.1) is 0 Å². The molecule has 4 rings (SSSR count). The van der Waals surface area contributed by atoms with Gasteiger partial charge in [0.05, 0.1) is 0 Å². The molecule has 2 amide bonds. The lowest BCUT2D eigenvalue weighted by Gasteiger charge is -2.39. The first kappa shape index (κ1) is 25.4. The Morgan fingerprint density at radius 2 is 2.06 bits per heavy atom. The molecule has 5 heteroatoms. The van der Waals surface area contributed by atoms with Gasteiger partial charge < -0.3 is 9.80 Å². The summed E-state index contributed by atoms with van der Waals surface area (Å²) in [7, 11) is 2.20. The Bertz CT molecular complexity index is 1110. The van der Waals surface area contributed by atoms with Crippen LogP contribution in [-0.4, -0.2) is 53.5 Å². The second-order valence-electron chi connectivity index (χ2n) is 10.8. The molecule has 0 saturated carbocycles. The lowest BCUT2D eigenvalue weighted by atomic mass is 9.65. The van der Waals surface area contributed by atoms with Gasteiger partial charge >= 0.3 is 6.03 Å². The molecule has 5 nitrogen and oxygen atoms in total. The van der Waals surface area contributed by atoms with Crippen molar-refractivity contribution in [2.75, 3.05) is 32.0 Å². The molecular formula is C30H44N4O. The van der Waals surface area contributed by atoms with Gasteiger partial charge in [0.15, 0.2) is 0 Å².